The summed E-state index contributed by atoms with van der Waals surface area (Å²) in [6, 6.07) is 0. The third-order valence-corrected chi connectivity index (χ3v) is 5.20. The first kappa shape index (κ1) is 16.7. The number of rotatable bonds is 3. The van der Waals surface area contributed by atoms with E-state index in [0.717, 1.165) is 31.2 Å². The van der Waals surface area contributed by atoms with Crippen LogP contribution in [-0.4, -0.2) is 41.0 Å². The van der Waals surface area contributed by atoms with E-state index in [1.807, 2.05) is 34.6 Å². The van der Waals surface area contributed by atoms with Gasteiger partial charge in [0, 0.05) is 12.1 Å². The normalized spacial score (nSPS) is 26.5. The minimum absolute atomic E-state index is 0.182. The average molecular weight is 320 g/mol. The van der Waals surface area contributed by atoms with Crippen LogP contribution in [0, 0.1) is 6.92 Å². The maximum Gasteiger partial charge on any atom is 0.499 e. The molecule has 2 fully saturated rings. The maximum absolute atomic E-state index is 11.8. The van der Waals surface area contributed by atoms with E-state index in [2.05, 4.69) is 5.10 Å². The van der Waals surface area contributed by atoms with Crippen LogP contribution in [0.1, 0.15) is 69.4 Å². The van der Waals surface area contributed by atoms with Gasteiger partial charge in [-0.3, -0.25) is 4.79 Å². The van der Waals surface area contributed by atoms with Crippen molar-refractivity contribution in [3.63, 3.8) is 0 Å². The van der Waals surface area contributed by atoms with Gasteiger partial charge in [-0.15, -0.1) is 0 Å². The molecule has 6 nitrogen and oxygen atoms in total. The van der Waals surface area contributed by atoms with E-state index in [1.165, 1.54) is 0 Å². The molecule has 1 atom stereocenters. The second kappa shape index (κ2) is 5.72. The largest absolute Gasteiger partial charge is 0.499 e. The van der Waals surface area contributed by atoms with Crippen molar-refractivity contribution in [1.29, 1.82) is 0 Å². The lowest BCUT2D eigenvalue weighted by molar-refractivity contribution is -0.0403. The SMILES string of the molecule is Cc1nn(C2CCCCO2)c(C=O)c1B1OC(C)(C)C(C)(C)O1. The molecule has 3 rings (SSSR count). The quantitative estimate of drug-likeness (QED) is 0.630. The number of aromatic nitrogens is 2. The summed E-state index contributed by atoms with van der Waals surface area (Å²) in [6.07, 6.45) is 3.65. The van der Waals surface area contributed by atoms with Crippen LogP contribution in [0.2, 0.25) is 0 Å². The predicted octanol–water partition coefficient (Wildman–Crippen LogP) is 2.00. The fraction of sp³-hybridized carbons (Fsp3) is 0.750. The van der Waals surface area contributed by atoms with Gasteiger partial charge in [-0.2, -0.15) is 5.10 Å². The Morgan fingerprint density at radius 2 is 1.87 bits per heavy atom. The number of carbonyl (C=O) groups is 1. The highest BCUT2D eigenvalue weighted by Crippen LogP contribution is 2.37. The van der Waals surface area contributed by atoms with Crippen LogP contribution in [0.15, 0.2) is 0 Å². The number of hydrogen-bond donors (Lipinski definition) is 0. The zero-order chi connectivity index (χ0) is 16.8. The van der Waals surface area contributed by atoms with Crippen molar-refractivity contribution in [2.45, 2.75) is 71.3 Å². The van der Waals surface area contributed by atoms with Crippen molar-refractivity contribution in [3.05, 3.63) is 11.4 Å². The predicted molar refractivity (Wildman–Crippen MR) is 86.9 cm³/mol. The second-order valence-corrected chi connectivity index (χ2v) is 7.36. The third-order valence-electron chi connectivity index (χ3n) is 5.20. The van der Waals surface area contributed by atoms with Crippen molar-refractivity contribution in [3.8, 4) is 0 Å². The molecule has 0 saturated carbocycles. The number of aldehydes is 1. The van der Waals surface area contributed by atoms with Gasteiger partial charge < -0.3 is 14.0 Å². The molecular formula is C16H25BN2O4. The van der Waals surface area contributed by atoms with E-state index in [1.54, 1.807) is 4.68 Å². The molecule has 2 aliphatic rings. The number of carbonyl (C=O) groups excluding carboxylic acids is 1. The molecule has 0 amide bonds. The van der Waals surface area contributed by atoms with Crippen LogP contribution in [0.25, 0.3) is 0 Å². The summed E-state index contributed by atoms with van der Waals surface area (Å²) >= 11 is 0. The minimum atomic E-state index is -0.586. The van der Waals surface area contributed by atoms with E-state index >= 15 is 0 Å². The first-order valence-electron chi connectivity index (χ1n) is 8.28. The number of aryl methyl sites for hydroxylation is 1. The highest BCUT2D eigenvalue weighted by molar-refractivity contribution is 6.63. The molecule has 3 heterocycles. The molecule has 2 saturated heterocycles. The monoisotopic (exact) mass is 320 g/mol. The van der Waals surface area contributed by atoms with Crippen LogP contribution in [0.4, 0.5) is 0 Å². The van der Waals surface area contributed by atoms with Gasteiger partial charge in [0.2, 0.25) is 0 Å². The van der Waals surface area contributed by atoms with Crippen LogP contribution in [0.3, 0.4) is 0 Å². The molecule has 0 radical (unpaired) electrons. The van der Waals surface area contributed by atoms with Crippen LogP contribution >= 0.6 is 0 Å². The van der Waals surface area contributed by atoms with Gasteiger partial charge in [0.1, 0.15) is 5.69 Å². The lowest BCUT2D eigenvalue weighted by atomic mass is 9.77. The minimum Gasteiger partial charge on any atom is -0.399 e. The average Bonchev–Trinajstić information content (AvgIpc) is 2.93. The Bertz CT molecular complexity index is 589. The highest BCUT2D eigenvalue weighted by atomic mass is 16.7. The maximum atomic E-state index is 11.8. The molecule has 0 N–H and O–H groups in total. The van der Waals surface area contributed by atoms with E-state index in [9.17, 15) is 4.79 Å². The fourth-order valence-electron chi connectivity index (χ4n) is 3.08. The highest BCUT2D eigenvalue weighted by Gasteiger charge is 2.53. The van der Waals surface area contributed by atoms with Gasteiger partial charge in [-0.1, -0.05) is 0 Å². The summed E-state index contributed by atoms with van der Waals surface area (Å²) in [5, 5.41) is 4.55. The van der Waals surface area contributed by atoms with Gasteiger partial charge in [-0.25, -0.2) is 4.68 Å². The standard InChI is InChI=1S/C16H25BN2O4/c1-11-14(17-22-15(2,3)16(4,5)23-17)12(10-20)19(18-11)13-8-6-7-9-21-13/h10,13H,6-9H2,1-5H3. The molecular weight excluding hydrogens is 295 g/mol. The van der Waals surface area contributed by atoms with Crippen LogP contribution in [0.5, 0.6) is 0 Å². The van der Waals surface area contributed by atoms with E-state index in [0.29, 0.717) is 17.8 Å². The van der Waals surface area contributed by atoms with Gasteiger partial charge in [0.05, 0.1) is 16.9 Å². The van der Waals surface area contributed by atoms with Crippen molar-refractivity contribution in [2.75, 3.05) is 6.61 Å². The first-order chi connectivity index (χ1) is 10.8. The van der Waals surface area contributed by atoms with Crippen molar-refractivity contribution >= 4 is 18.9 Å². The Hall–Kier alpha value is -1.18. The van der Waals surface area contributed by atoms with Crippen LogP contribution < -0.4 is 5.46 Å². The first-order valence-corrected chi connectivity index (χ1v) is 8.28. The fourth-order valence-corrected chi connectivity index (χ4v) is 3.08. The Kier molecular flexibility index (Phi) is 4.15. The molecule has 0 bridgehead atoms. The smallest absolute Gasteiger partial charge is 0.399 e. The zero-order valence-corrected chi connectivity index (χ0v) is 14.6. The lowest BCUT2D eigenvalue weighted by Gasteiger charge is -2.32. The summed E-state index contributed by atoms with van der Waals surface area (Å²) in [5.41, 5.74) is 1.06. The lowest BCUT2D eigenvalue weighted by Crippen LogP contribution is -2.41. The Morgan fingerprint density at radius 3 is 2.39 bits per heavy atom. The topological polar surface area (TPSA) is 62.6 Å². The Labute approximate surface area is 137 Å². The molecule has 1 aromatic rings. The van der Waals surface area contributed by atoms with Gasteiger partial charge in [-0.05, 0) is 53.9 Å². The number of ether oxygens (including phenoxy) is 1. The van der Waals surface area contributed by atoms with Crippen LogP contribution in [-0.2, 0) is 14.0 Å². The number of nitrogens with zero attached hydrogens (tertiary/aromatic N) is 2. The molecule has 7 heteroatoms. The molecule has 1 unspecified atom stereocenters. The molecule has 0 aliphatic carbocycles. The van der Waals surface area contributed by atoms with Gasteiger partial charge >= 0.3 is 7.12 Å². The molecule has 0 aromatic carbocycles. The third kappa shape index (κ3) is 2.75. The summed E-state index contributed by atoms with van der Waals surface area (Å²) < 4.78 is 19.7. The van der Waals surface area contributed by atoms with Crippen molar-refractivity contribution in [2.24, 2.45) is 0 Å². The summed E-state index contributed by atoms with van der Waals surface area (Å²) in [5.74, 6) is 0. The second-order valence-electron chi connectivity index (χ2n) is 7.36. The summed E-state index contributed by atoms with van der Waals surface area (Å²) in [4.78, 5) is 11.8. The van der Waals surface area contributed by atoms with E-state index < -0.39 is 18.3 Å². The van der Waals surface area contributed by atoms with Crippen molar-refractivity contribution in [1.82, 2.24) is 9.78 Å². The Morgan fingerprint density at radius 1 is 1.22 bits per heavy atom. The van der Waals surface area contributed by atoms with Crippen molar-refractivity contribution < 1.29 is 18.8 Å². The molecule has 1 aromatic heterocycles. The number of hydrogen-bond acceptors (Lipinski definition) is 5. The zero-order valence-electron chi connectivity index (χ0n) is 14.6. The molecule has 0 spiro atoms. The summed E-state index contributed by atoms with van der Waals surface area (Å²) in [7, 11) is -0.586. The van der Waals surface area contributed by atoms with E-state index in [4.69, 9.17) is 14.0 Å². The van der Waals surface area contributed by atoms with Gasteiger partial charge in [0.15, 0.2) is 12.5 Å². The van der Waals surface area contributed by atoms with Gasteiger partial charge in [0.25, 0.3) is 0 Å². The molecule has 23 heavy (non-hydrogen) atoms. The Balaban J connectivity index is 1.97. The summed E-state index contributed by atoms with van der Waals surface area (Å²) in [6.45, 7) is 10.6. The van der Waals surface area contributed by atoms with E-state index in [-0.39, 0.29) is 6.23 Å². The molecule has 126 valence electrons. The molecule has 2 aliphatic heterocycles.